The molecule has 0 aromatic heterocycles. The summed E-state index contributed by atoms with van der Waals surface area (Å²) in [4.78, 5) is 0. The number of hydrogen-bond acceptors (Lipinski definition) is 1. The highest BCUT2D eigenvalue weighted by atomic mass is 79.9. The van der Waals surface area contributed by atoms with Gasteiger partial charge < -0.3 is 5.73 Å². The lowest BCUT2D eigenvalue weighted by Gasteiger charge is -2.11. The molecule has 1 aliphatic rings. The zero-order valence-corrected chi connectivity index (χ0v) is 9.48. The molecule has 0 radical (unpaired) electrons. The highest BCUT2D eigenvalue weighted by molar-refractivity contribution is 9.10. The van der Waals surface area contributed by atoms with Crippen LogP contribution in [0.2, 0.25) is 5.02 Å². The van der Waals surface area contributed by atoms with Crippen molar-refractivity contribution in [2.45, 2.75) is 18.9 Å². The summed E-state index contributed by atoms with van der Waals surface area (Å²) in [5, 5.41) is 0.742. The lowest BCUT2D eigenvalue weighted by atomic mass is 10.0. The first-order chi connectivity index (χ1) is 6.18. The van der Waals surface area contributed by atoms with Gasteiger partial charge in [0.05, 0.1) is 5.02 Å². The van der Waals surface area contributed by atoms with Crippen molar-refractivity contribution in [1.82, 2.24) is 0 Å². The second-order valence-electron chi connectivity index (χ2n) is 3.54. The Labute approximate surface area is 91.4 Å². The molecule has 1 aromatic carbocycles. The van der Waals surface area contributed by atoms with Gasteiger partial charge in [0.1, 0.15) is 0 Å². The molecule has 1 nitrogen and oxygen atoms in total. The summed E-state index contributed by atoms with van der Waals surface area (Å²) in [5.74, 6) is 0.688. The predicted octanol–water partition coefficient (Wildman–Crippen LogP) is 3.51. The first-order valence-corrected chi connectivity index (χ1v) is 5.56. The maximum Gasteiger partial charge on any atom is 0.0548 e. The van der Waals surface area contributed by atoms with Crippen LogP contribution < -0.4 is 5.73 Å². The van der Waals surface area contributed by atoms with Gasteiger partial charge >= 0.3 is 0 Å². The van der Waals surface area contributed by atoms with Crippen LogP contribution in [0, 0.1) is 5.92 Å². The van der Waals surface area contributed by atoms with Crippen molar-refractivity contribution in [2.75, 3.05) is 0 Å². The summed E-state index contributed by atoms with van der Waals surface area (Å²) in [6.07, 6.45) is 2.53. The topological polar surface area (TPSA) is 26.0 Å². The fraction of sp³-hybridized carbons (Fsp3) is 0.400. The minimum atomic E-state index is 0.188. The molecule has 0 aliphatic heterocycles. The Morgan fingerprint density at radius 3 is 2.69 bits per heavy atom. The van der Waals surface area contributed by atoms with E-state index in [4.69, 9.17) is 17.3 Å². The van der Waals surface area contributed by atoms with Crippen LogP contribution in [-0.4, -0.2) is 0 Å². The average molecular weight is 261 g/mol. The van der Waals surface area contributed by atoms with Gasteiger partial charge in [-0.1, -0.05) is 17.7 Å². The minimum Gasteiger partial charge on any atom is -0.324 e. The molecule has 1 fully saturated rings. The molecule has 1 atom stereocenters. The van der Waals surface area contributed by atoms with Crippen molar-refractivity contribution in [3.8, 4) is 0 Å². The van der Waals surface area contributed by atoms with Crippen molar-refractivity contribution in [2.24, 2.45) is 11.7 Å². The van der Waals surface area contributed by atoms with Crippen LogP contribution in [0.3, 0.4) is 0 Å². The van der Waals surface area contributed by atoms with E-state index >= 15 is 0 Å². The van der Waals surface area contributed by atoms with Crippen LogP contribution in [-0.2, 0) is 0 Å². The molecule has 2 rings (SSSR count). The van der Waals surface area contributed by atoms with E-state index in [0.717, 1.165) is 9.50 Å². The van der Waals surface area contributed by atoms with Crippen LogP contribution >= 0.6 is 27.5 Å². The van der Waals surface area contributed by atoms with E-state index < -0.39 is 0 Å². The van der Waals surface area contributed by atoms with Gasteiger partial charge in [0.2, 0.25) is 0 Å². The van der Waals surface area contributed by atoms with E-state index in [2.05, 4.69) is 15.9 Å². The highest BCUT2D eigenvalue weighted by Gasteiger charge is 2.29. The monoisotopic (exact) mass is 259 g/mol. The third-order valence-corrected chi connectivity index (χ3v) is 3.67. The van der Waals surface area contributed by atoms with Gasteiger partial charge in [-0.25, -0.2) is 0 Å². The smallest absolute Gasteiger partial charge is 0.0548 e. The maximum absolute atomic E-state index is 6.06. The number of rotatable bonds is 2. The molecule has 0 saturated heterocycles. The van der Waals surface area contributed by atoms with Crippen molar-refractivity contribution < 1.29 is 0 Å². The third kappa shape index (κ3) is 2.06. The predicted molar refractivity (Wildman–Crippen MR) is 58.8 cm³/mol. The first kappa shape index (κ1) is 9.50. The quantitative estimate of drug-likeness (QED) is 0.865. The molecular weight excluding hydrogens is 249 g/mol. The molecule has 1 unspecified atom stereocenters. The molecule has 3 heteroatoms. The highest BCUT2D eigenvalue weighted by Crippen LogP contribution is 2.40. The molecule has 1 aromatic rings. The summed E-state index contributed by atoms with van der Waals surface area (Å²) in [5.41, 5.74) is 7.23. The van der Waals surface area contributed by atoms with Gasteiger partial charge in [0, 0.05) is 10.5 Å². The Bertz CT molecular complexity index is 323. The van der Waals surface area contributed by atoms with Gasteiger partial charge in [-0.2, -0.15) is 0 Å². The second kappa shape index (κ2) is 3.60. The lowest BCUT2D eigenvalue weighted by molar-refractivity contribution is 0.633. The number of benzene rings is 1. The van der Waals surface area contributed by atoms with Crippen molar-refractivity contribution >= 4 is 27.5 Å². The normalized spacial score (nSPS) is 18.7. The van der Waals surface area contributed by atoms with Gasteiger partial charge in [-0.05, 0) is 52.4 Å². The fourth-order valence-electron chi connectivity index (χ4n) is 1.45. The SMILES string of the molecule is NC(c1ccc(Cl)c(Br)c1)C1CC1. The van der Waals surface area contributed by atoms with Gasteiger partial charge in [0.25, 0.3) is 0 Å². The number of hydrogen-bond donors (Lipinski definition) is 1. The molecular formula is C10H11BrClN. The van der Waals surface area contributed by atoms with Gasteiger partial charge in [0.15, 0.2) is 0 Å². The summed E-state index contributed by atoms with van der Waals surface area (Å²) in [6.45, 7) is 0. The second-order valence-corrected chi connectivity index (χ2v) is 4.80. The Kier molecular flexibility index (Phi) is 2.63. The fourth-order valence-corrected chi connectivity index (χ4v) is 1.96. The zero-order valence-electron chi connectivity index (χ0n) is 7.13. The van der Waals surface area contributed by atoms with E-state index in [9.17, 15) is 0 Å². The molecule has 0 bridgehead atoms. The first-order valence-electron chi connectivity index (χ1n) is 4.39. The largest absolute Gasteiger partial charge is 0.324 e. The minimum absolute atomic E-state index is 0.188. The molecule has 70 valence electrons. The van der Waals surface area contributed by atoms with E-state index in [1.165, 1.54) is 18.4 Å². The van der Waals surface area contributed by atoms with Gasteiger partial charge in [-0.3, -0.25) is 0 Å². The Balaban J connectivity index is 2.24. The molecule has 0 spiro atoms. The van der Waals surface area contributed by atoms with Crippen LogP contribution in [0.4, 0.5) is 0 Å². The van der Waals surface area contributed by atoms with Crippen LogP contribution in [0.5, 0.6) is 0 Å². The van der Waals surface area contributed by atoms with Crippen LogP contribution in [0.1, 0.15) is 24.4 Å². The Morgan fingerprint density at radius 2 is 2.15 bits per heavy atom. The lowest BCUT2D eigenvalue weighted by Crippen LogP contribution is -2.12. The van der Waals surface area contributed by atoms with Crippen molar-refractivity contribution in [1.29, 1.82) is 0 Å². The van der Waals surface area contributed by atoms with E-state index in [1.54, 1.807) is 0 Å². The molecule has 1 aliphatic carbocycles. The number of halogens is 2. The molecule has 0 amide bonds. The molecule has 1 saturated carbocycles. The van der Waals surface area contributed by atoms with Crippen LogP contribution in [0.15, 0.2) is 22.7 Å². The summed E-state index contributed by atoms with van der Waals surface area (Å²) in [7, 11) is 0. The Morgan fingerprint density at radius 1 is 1.46 bits per heavy atom. The van der Waals surface area contributed by atoms with E-state index in [-0.39, 0.29) is 6.04 Å². The Hall–Kier alpha value is -0.0500. The average Bonchev–Trinajstić information content (AvgIpc) is 2.91. The molecule has 13 heavy (non-hydrogen) atoms. The van der Waals surface area contributed by atoms with E-state index in [0.29, 0.717) is 5.92 Å². The number of nitrogens with two attached hydrogens (primary N) is 1. The summed E-state index contributed by atoms with van der Waals surface area (Å²) in [6, 6.07) is 6.11. The third-order valence-electron chi connectivity index (χ3n) is 2.46. The van der Waals surface area contributed by atoms with E-state index in [1.807, 2.05) is 18.2 Å². The summed E-state index contributed by atoms with van der Waals surface area (Å²) >= 11 is 9.29. The standard InChI is InChI=1S/C10H11BrClN/c11-8-5-7(3-4-9(8)12)10(13)6-1-2-6/h3-6,10H,1-2,13H2. The van der Waals surface area contributed by atoms with Crippen molar-refractivity contribution in [3.63, 3.8) is 0 Å². The zero-order chi connectivity index (χ0) is 9.42. The summed E-state index contributed by atoms with van der Waals surface area (Å²) < 4.78 is 0.933. The molecule has 0 heterocycles. The maximum atomic E-state index is 6.06. The van der Waals surface area contributed by atoms with Crippen LogP contribution in [0.25, 0.3) is 0 Å². The van der Waals surface area contributed by atoms with Gasteiger partial charge in [-0.15, -0.1) is 0 Å². The van der Waals surface area contributed by atoms with Crippen molar-refractivity contribution in [3.05, 3.63) is 33.3 Å². The molecule has 2 N–H and O–H groups in total.